The first-order valence-electron chi connectivity index (χ1n) is 6.18. The molecule has 0 aliphatic carbocycles. The average molecular weight is 335 g/mol. The van der Waals surface area contributed by atoms with Crippen LogP contribution in [0.3, 0.4) is 0 Å². The first-order valence-corrected chi connectivity index (χ1v) is 8.26. The molecule has 106 valence electrons. The predicted octanol–water partition coefficient (Wildman–Crippen LogP) is 4.77. The minimum Gasteiger partial charge on any atom is -0.278 e. The third-order valence-electron chi connectivity index (χ3n) is 3.07. The van der Waals surface area contributed by atoms with Crippen molar-refractivity contribution in [2.24, 2.45) is 0 Å². The largest absolute Gasteiger partial charge is 0.278 e. The number of aryl methyl sites for hydroxylation is 1. The topological polar surface area (TPSA) is 44.2 Å². The number of carbonyl (C=O) groups is 1. The number of nitrogens with one attached hydrogen (secondary N) is 1. The quantitative estimate of drug-likeness (QED) is 0.804. The second-order valence-corrected chi connectivity index (χ2v) is 6.92. The minimum atomic E-state index is -0.167. The molecule has 1 amide bonds. The summed E-state index contributed by atoms with van der Waals surface area (Å²) in [5.74, 6) is -0.167. The average Bonchev–Trinajstić information content (AvgIpc) is 2.97. The molecule has 21 heavy (non-hydrogen) atoms. The van der Waals surface area contributed by atoms with Crippen LogP contribution in [0.25, 0.3) is 6.08 Å². The molecule has 1 aliphatic heterocycles. The van der Waals surface area contributed by atoms with Gasteiger partial charge in [0.2, 0.25) is 0 Å². The van der Waals surface area contributed by atoms with E-state index in [-0.39, 0.29) is 11.1 Å². The second-order valence-electron chi connectivity index (χ2n) is 4.50. The van der Waals surface area contributed by atoms with Crippen molar-refractivity contribution in [3.05, 3.63) is 56.1 Å². The summed E-state index contributed by atoms with van der Waals surface area (Å²) >= 11 is 8.63. The van der Waals surface area contributed by atoms with E-state index in [4.69, 9.17) is 17.0 Å². The van der Waals surface area contributed by atoms with Gasteiger partial charge in [0.1, 0.15) is 0 Å². The highest BCUT2D eigenvalue weighted by molar-refractivity contribution is 8.19. The van der Waals surface area contributed by atoms with Crippen LogP contribution in [0.15, 0.2) is 40.6 Å². The Hall–Kier alpha value is -1.56. The van der Waals surface area contributed by atoms with Crippen molar-refractivity contribution in [1.29, 1.82) is 5.41 Å². The number of thiophene rings is 1. The van der Waals surface area contributed by atoms with Gasteiger partial charge in [-0.15, -0.1) is 11.3 Å². The van der Waals surface area contributed by atoms with E-state index in [0.29, 0.717) is 15.6 Å². The zero-order chi connectivity index (χ0) is 15.0. The number of hydrogen-bond acceptors (Lipinski definition) is 4. The Morgan fingerprint density at radius 3 is 2.57 bits per heavy atom. The Morgan fingerprint density at radius 1 is 1.24 bits per heavy atom. The van der Waals surface area contributed by atoms with E-state index < -0.39 is 0 Å². The molecular formula is C15H11ClN2OS2. The number of benzene rings is 1. The lowest BCUT2D eigenvalue weighted by atomic mass is 10.2. The Kier molecular flexibility index (Phi) is 3.89. The van der Waals surface area contributed by atoms with E-state index >= 15 is 0 Å². The van der Waals surface area contributed by atoms with E-state index in [1.165, 1.54) is 16.7 Å². The number of nitrogens with zero attached hydrogens (tertiary/aromatic N) is 1. The van der Waals surface area contributed by atoms with E-state index in [1.54, 1.807) is 35.6 Å². The summed E-state index contributed by atoms with van der Waals surface area (Å²) in [5, 5.41) is 10.8. The number of hydrogen-bond donors (Lipinski definition) is 1. The Balaban J connectivity index is 1.94. The lowest BCUT2D eigenvalue weighted by Gasteiger charge is -2.14. The molecule has 3 rings (SSSR count). The van der Waals surface area contributed by atoms with Gasteiger partial charge in [0, 0.05) is 9.90 Å². The SMILES string of the molecule is Cc1ccsc1/C=C1\SC(=N)N(c2ccc(Cl)cc2)C1=O. The summed E-state index contributed by atoms with van der Waals surface area (Å²) in [6.07, 6.45) is 1.86. The molecule has 0 unspecified atom stereocenters. The van der Waals surface area contributed by atoms with Gasteiger partial charge in [-0.1, -0.05) is 11.6 Å². The lowest BCUT2D eigenvalue weighted by Crippen LogP contribution is -2.27. The van der Waals surface area contributed by atoms with Gasteiger partial charge in [0.25, 0.3) is 5.91 Å². The molecular weight excluding hydrogens is 324 g/mol. The highest BCUT2D eigenvalue weighted by atomic mass is 35.5. The fourth-order valence-electron chi connectivity index (χ4n) is 1.96. The van der Waals surface area contributed by atoms with Crippen LogP contribution in [-0.2, 0) is 4.79 Å². The molecule has 0 saturated carbocycles. The van der Waals surface area contributed by atoms with Gasteiger partial charge in [0.15, 0.2) is 5.17 Å². The molecule has 2 heterocycles. The zero-order valence-corrected chi connectivity index (χ0v) is 13.5. The molecule has 2 aromatic rings. The van der Waals surface area contributed by atoms with Gasteiger partial charge in [-0.25, -0.2) is 0 Å². The molecule has 1 aromatic carbocycles. The van der Waals surface area contributed by atoms with E-state index in [9.17, 15) is 4.79 Å². The summed E-state index contributed by atoms with van der Waals surface area (Å²) in [7, 11) is 0. The van der Waals surface area contributed by atoms with Crippen LogP contribution in [0, 0.1) is 12.3 Å². The van der Waals surface area contributed by atoms with Crippen LogP contribution in [0.4, 0.5) is 5.69 Å². The van der Waals surface area contributed by atoms with Gasteiger partial charge < -0.3 is 0 Å². The molecule has 3 nitrogen and oxygen atoms in total. The summed E-state index contributed by atoms with van der Waals surface area (Å²) in [4.78, 5) is 15.5. The minimum absolute atomic E-state index is 0.167. The summed E-state index contributed by atoms with van der Waals surface area (Å²) in [5.41, 5.74) is 1.80. The number of thioether (sulfide) groups is 1. The maximum atomic E-state index is 12.5. The third kappa shape index (κ3) is 2.77. The van der Waals surface area contributed by atoms with E-state index in [0.717, 1.165) is 10.4 Å². The summed E-state index contributed by atoms with van der Waals surface area (Å²) in [6.45, 7) is 2.01. The highest BCUT2D eigenvalue weighted by Crippen LogP contribution is 2.36. The fourth-order valence-corrected chi connectivity index (χ4v) is 3.87. The normalized spacial score (nSPS) is 17.0. The standard InChI is InChI=1S/C15H11ClN2OS2/c1-9-6-7-20-12(9)8-13-14(19)18(15(17)21-13)11-4-2-10(16)3-5-11/h2-8,17H,1H3/b13-8-,17-15?. The number of rotatable bonds is 2. The molecule has 0 bridgehead atoms. The number of anilines is 1. The van der Waals surface area contributed by atoms with Crippen molar-refractivity contribution in [3.8, 4) is 0 Å². The molecule has 1 fully saturated rings. The van der Waals surface area contributed by atoms with Crippen LogP contribution in [0.5, 0.6) is 0 Å². The van der Waals surface area contributed by atoms with Crippen LogP contribution in [0.1, 0.15) is 10.4 Å². The molecule has 1 aliphatic rings. The van der Waals surface area contributed by atoms with Crippen LogP contribution in [-0.4, -0.2) is 11.1 Å². The maximum Gasteiger partial charge on any atom is 0.271 e. The predicted molar refractivity (Wildman–Crippen MR) is 91.3 cm³/mol. The fraction of sp³-hybridized carbons (Fsp3) is 0.0667. The molecule has 6 heteroatoms. The number of amides is 1. The second kappa shape index (κ2) is 5.67. The van der Waals surface area contributed by atoms with Crippen LogP contribution < -0.4 is 4.90 Å². The molecule has 0 atom stereocenters. The summed E-state index contributed by atoms with van der Waals surface area (Å²) < 4.78 is 0. The van der Waals surface area contributed by atoms with Crippen LogP contribution >= 0.6 is 34.7 Å². The van der Waals surface area contributed by atoms with Crippen molar-refractivity contribution in [3.63, 3.8) is 0 Å². The van der Waals surface area contributed by atoms with Gasteiger partial charge in [0.05, 0.1) is 10.6 Å². The molecule has 1 saturated heterocycles. The smallest absolute Gasteiger partial charge is 0.271 e. The Labute approximate surface area is 135 Å². The van der Waals surface area contributed by atoms with Gasteiger partial charge in [-0.3, -0.25) is 15.1 Å². The van der Waals surface area contributed by atoms with Crippen molar-refractivity contribution in [2.75, 3.05) is 4.90 Å². The molecule has 1 N–H and O–H groups in total. The van der Waals surface area contributed by atoms with Gasteiger partial charge in [-0.2, -0.15) is 0 Å². The van der Waals surface area contributed by atoms with E-state index in [2.05, 4.69) is 0 Å². The molecule has 1 aromatic heterocycles. The van der Waals surface area contributed by atoms with Gasteiger partial charge >= 0.3 is 0 Å². The van der Waals surface area contributed by atoms with Crippen LogP contribution in [0.2, 0.25) is 5.02 Å². The van der Waals surface area contributed by atoms with E-state index in [1.807, 2.05) is 24.4 Å². The summed E-state index contributed by atoms with van der Waals surface area (Å²) in [6, 6.07) is 8.94. The number of halogens is 1. The monoisotopic (exact) mass is 334 g/mol. The van der Waals surface area contributed by atoms with Crippen molar-refractivity contribution >= 4 is 57.5 Å². The van der Waals surface area contributed by atoms with Gasteiger partial charge in [-0.05, 0) is 66.0 Å². The Morgan fingerprint density at radius 2 is 1.95 bits per heavy atom. The molecule has 0 radical (unpaired) electrons. The van der Waals surface area contributed by atoms with Crippen molar-refractivity contribution in [1.82, 2.24) is 0 Å². The first-order chi connectivity index (χ1) is 10.1. The number of carbonyl (C=O) groups excluding carboxylic acids is 1. The third-order valence-corrected chi connectivity index (χ3v) is 5.18. The highest BCUT2D eigenvalue weighted by Gasteiger charge is 2.33. The number of amidine groups is 1. The molecule has 0 spiro atoms. The Bertz CT molecular complexity index is 749. The van der Waals surface area contributed by atoms with Crippen molar-refractivity contribution in [2.45, 2.75) is 6.92 Å². The first kappa shape index (κ1) is 14.4. The van der Waals surface area contributed by atoms with Crippen molar-refractivity contribution < 1.29 is 4.79 Å². The zero-order valence-electron chi connectivity index (χ0n) is 11.1. The lowest BCUT2D eigenvalue weighted by molar-refractivity contribution is -0.113. The maximum absolute atomic E-state index is 12.5.